The molecule has 0 aliphatic heterocycles. The lowest BCUT2D eigenvalue weighted by molar-refractivity contribution is 0.475. The molecule has 0 amide bonds. The predicted octanol–water partition coefficient (Wildman–Crippen LogP) is 4.72. The van der Waals surface area contributed by atoms with Gasteiger partial charge in [-0.05, 0) is 35.0 Å². The molecule has 0 spiro atoms. The molecular weight excluding hydrogens is 274 g/mol. The maximum Gasteiger partial charge on any atom is 0.117 e. The minimum atomic E-state index is 0.141. The van der Waals surface area contributed by atoms with Crippen molar-refractivity contribution in [2.24, 2.45) is 0 Å². The molecule has 0 bridgehead atoms. The summed E-state index contributed by atoms with van der Waals surface area (Å²) in [7, 11) is 0. The molecule has 0 atom stereocenters. The maximum absolute atomic E-state index is 9.55. The van der Waals surface area contributed by atoms with E-state index in [1.165, 1.54) is 9.75 Å². The van der Waals surface area contributed by atoms with Gasteiger partial charge in [0.15, 0.2) is 0 Å². The number of rotatable bonds is 4. The Morgan fingerprint density at radius 2 is 1.58 bits per heavy atom. The summed E-state index contributed by atoms with van der Waals surface area (Å²) in [6.07, 6.45) is 0. The Hall–Kier alpha value is -1.78. The number of aromatic hydroxyl groups is 1. The molecule has 2 nitrogen and oxygen atoms in total. The van der Waals surface area contributed by atoms with Gasteiger partial charge in [0.05, 0.1) is 6.04 Å². The van der Waals surface area contributed by atoms with Crippen molar-refractivity contribution in [1.29, 1.82) is 0 Å². The Morgan fingerprint density at radius 3 is 2.11 bits per heavy atom. The first-order valence-corrected chi connectivity index (χ1v) is 7.71. The Morgan fingerprint density at radius 1 is 0.895 bits per heavy atom. The molecule has 0 saturated heterocycles. The van der Waals surface area contributed by atoms with Crippen molar-refractivity contribution in [3.05, 3.63) is 69.0 Å². The topological polar surface area (TPSA) is 32.3 Å². The summed E-state index contributed by atoms with van der Waals surface area (Å²) >= 11 is 3.47. The van der Waals surface area contributed by atoms with Crippen molar-refractivity contribution >= 4 is 28.4 Å². The van der Waals surface area contributed by atoms with E-state index in [1.807, 2.05) is 12.1 Å². The number of phenolic OH excluding ortho intramolecular Hbond substituents is 1. The zero-order chi connectivity index (χ0) is 13.1. The molecule has 0 aliphatic rings. The predicted molar refractivity (Wildman–Crippen MR) is 82.2 cm³/mol. The molecule has 3 aromatic rings. The van der Waals surface area contributed by atoms with Crippen LogP contribution in [0.3, 0.4) is 0 Å². The number of hydrogen-bond acceptors (Lipinski definition) is 4. The molecule has 0 fully saturated rings. The van der Waals surface area contributed by atoms with Gasteiger partial charge in [-0.2, -0.15) is 0 Å². The minimum Gasteiger partial charge on any atom is -0.508 e. The highest BCUT2D eigenvalue weighted by molar-refractivity contribution is 7.11. The highest BCUT2D eigenvalue weighted by atomic mass is 32.1. The smallest absolute Gasteiger partial charge is 0.117 e. The van der Waals surface area contributed by atoms with Gasteiger partial charge in [0.2, 0.25) is 0 Å². The molecule has 2 aromatic heterocycles. The first-order chi connectivity index (χ1) is 9.33. The highest BCUT2D eigenvalue weighted by Gasteiger charge is 2.16. The third-order valence-electron chi connectivity index (χ3n) is 2.81. The molecule has 0 radical (unpaired) electrons. The van der Waals surface area contributed by atoms with Gasteiger partial charge in [-0.15, -0.1) is 22.7 Å². The number of hydrogen-bond donors (Lipinski definition) is 2. The van der Waals surface area contributed by atoms with E-state index >= 15 is 0 Å². The van der Waals surface area contributed by atoms with E-state index in [1.54, 1.807) is 34.8 Å². The summed E-state index contributed by atoms with van der Waals surface area (Å²) in [5.41, 5.74) is 0.923. The highest BCUT2D eigenvalue weighted by Crippen LogP contribution is 2.32. The number of anilines is 1. The lowest BCUT2D eigenvalue weighted by atomic mass is 10.2. The van der Waals surface area contributed by atoms with E-state index in [2.05, 4.69) is 40.3 Å². The zero-order valence-corrected chi connectivity index (χ0v) is 11.7. The van der Waals surface area contributed by atoms with Gasteiger partial charge in [-0.3, -0.25) is 0 Å². The lowest BCUT2D eigenvalue weighted by Crippen LogP contribution is -2.09. The fourth-order valence-corrected chi connectivity index (χ4v) is 3.62. The van der Waals surface area contributed by atoms with Gasteiger partial charge in [-0.25, -0.2) is 0 Å². The number of phenols is 1. The summed E-state index contributed by atoms with van der Waals surface area (Å²) < 4.78 is 0. The molecular formula is C15H13NOS2. The summed E-state index contributed by atoms with van der Waals surface area (Å²) in [6, 6.07) is 15.8. The van der Waals surface area contributed by atoms with Crippen molar-refractivity contribution in [3.63, 3.8) is 0 Å². The van der Waals surface area contributed by atoms with Crippen LogP contribution in [0, 0.1) is 0 Å². The second-order valence-corrected chi connectivity index (χ2v) is 6.12. The monoisotopic (exact) mass is 287 g/mol. The fraction of sp³-hybridized carbons (Fsp3) is 0.0667. The van der Waals surface area contributed by atoms with E-state index in [4.69, 9.17) is 0 Å². The van der Waals surface area contributed by atoms with Crippen molar-refractivity contribution < 1.29 is 5.11 Å². The molecule has 0 aliphatic carbocycles. The van der Waals surface area contributed by atoms with Crippen LogP contribution in [0.4, 0.5) is 5.69 Å². The van der Waals surface area contributed by atoms with Crippen LogP contribution in [-0.2, 0) is 0 Å². The first kappa shape index (κ1) is 12.3. The quantitative estimate of drug-likeness (QED) is 0.728. The number of benzene rings is 1. The second kappa shape index (κ2) is 5.47. The zero-order valence-electron chi connectivity index (χ0n) is 10.1. The molecule has 96 valence electrons. The van der Waals surface area contributed by atoms with Crippen LogP contribution in [0.5, 0.6) is 5.75 Å². The minimum absolute atomic E-state index is 0.141. The normalized spacial score (nSPS) is 10.8. The van der Waals surface area contributed by atoms with Crippen molar-refractivity contribution in [1.82, 2.24) is 0 Å². The Bertz CT molecular complexity index is 598. The Balaban J connectivity index is 1.92. The standard InChI is InChI=1S/C15H13NOS2/c17-12-5-1-4-11(10-12)16-15(13-6-2-8-18-13)14-7-3-9-19-14/h1-10,15-17H. The van der Waals surface area contributed by atoms with Gasteiger partial charge in [0.25, 0.3) is 0 Å². The van der Waals surface area contributed by atoms with Gasteiger partial charge in [0.1, 0.15) is 5.75 Å². The van der Waals surface area contributed by atoms with Gasteiger partial charge in [-0.1, -0.05) is 18.2 Å². The third kappa shape index (κ3) is 2.80. The summed E-state index contributed by atoms with van der Waals surface area (Å²) in [4.78, 5) is 2.54. The lowest BCUT2D eigenvalue weighted by Gasteiger charge is -2.17. The van der Waals surface area contributed by atoms with E-state index in [9.17, 15) is 5.11 Å². The number of nitrogens with one attached hydrogen (secondary N) is 1. The van der Waals surface area contributed by atoms with Crippen LogP contribution in [0.15, 0.2) is 59.3 Å². The van der Waals surface area contributed by atoms with E-state index < -0.39 is 0 Å². The average molecular weight is 287 g/mol. The van der Waals surface area contributed by atoms with Crippen LogP contribution in [0.2, 0.25) is 0 Å². The van der Waals surface area contributed by atoms with Gasteiger partial charge >= 0.3 is 0 Å². The molecule has 19 heavy (non-hydrogen) atoms. The van der Waals surface area contributed by atoms with Crippen LogP contribution in [0.1, 0.15) is 15.8 Å². The van der Waals surface area contributed by atoms with Crippen LogP contribution < -0.4 is 5.32 Å². The van der Waals surface area contributed by atoms with Crippen LogP contribution in [-0.4, -0.2) is 5.11 Å². The van der Waals surface area contributed by atoms with Crippen molar-refractivity contribution in [3.8, 4) is 5.75 Å². The molecule has 0 unspecified atom stereocenters. The van der Waals surface area contributed by atoms with Crippen molar-refractivity contribution in [2.75, 3.05) is 5.32 Å². The van der Waals surface area contributed by atoms with E-state index in [-0.39, 0.29) is 11.8 Å². The molecule has 4 heteroatoms. The first-order valence-electron chi connectivity index (χ1n) is 5.95. The Labute approximate surface area is 120 Å². The van der Waals surface area contributed by atoms with Gasteiger partial charge in [0, 0.05) is 21.5 Å². The van der Waals surface area contributed by atoms with E-state index in [0.717, 1.165) is 5.69 Å². The van der Waals surface area contributed by atoms with E-state index in [0.29, 0.717) is 0 Å². The summed E-state index contributed by atoms with van der Waals surface area (Å²) in [6.45, 7) is 0. The van der Waals surface area contributed by atoms with Crippen LogP contribution >= 0.6 is 22.7 Å². The molecule has 2 heterocycles. The average Bonchev–Trinajstić information content (AvgIpc) is 3.10. The molecule has 3 rings (SSSR count). The molecule has 0 saturated carbocycles. The maximum atomic E-state index is 9.55. The Kier molecular flexibility index (Phi) is 3.53. The van der Waals surface area contributed by atoms with Crippen molar-refractivity contribution in [2.45, 2.75) is 6.04 Å². The number of thiophene rings is 2. The second-order valence-electron chi connectivity index (χ2n) is 4.16. The summed E-state index contributed by atoms with van der Waals surface area (Å²) in [5, 5.41) is 17.2. The molecule has 1 aromatic carbocycles. The SMILES string of the molecule is Oc1cccc(NC(c2cccs2)c2cccs2)c1. The summed E-state index contributed by atoms with van der Waals surface area (Å²) in [5.74, 6) is 0.279. The van der Waals surface area contributed by atoms with Gasteiger partial charge < -0.3 is 10.4 Å². The largest absolute Gasteiger partial charge is 0.508 e. The molecule has 2 N–H and O–H groups in total. The third-order valence-corrected chi connectivity index (χ3v) is 4.69. The van der Waals surface area contributed by atoms with Crippen LogP contribution in [0.25, 0.3) is 0 Å². The fourth-order valence-electron chi connectivity index (χ4n) is 1.96.